The molecular weight excluding hydrogens is 340 g/mol. The van der Waals surface area contributed by atoms with Crippen LogP contribution < -0.4 is 0 Å². The highest BCUT2D eigenvalue weighted by atomic mass is 79.9. The Morgan fingerprint density at radius 2 is 2.06 bits per heavy atom. The van der Waals surface area contributed by atoms with Gasteiger partial charge in [-0.25, -0.2) is 0 Å². The summed E-state index contributed by atoms with van der Waals surface area (Å²) in [5.74, 6) is 1.10. The molecule has 1 aromatic rings. The van der Waals surface area contributed by atoms with Crippen molar-refractivity contribution in [2.75, 3.05) is 30.6 Å². The zero-order chi connectivity index (χ0) is 12.1. The van der Waals surface area contributed by atoms with E-state index in [2.05, 4.69) is 26.1 Å². The molecular formula is C10H15BrN2OS3. The molecule has 0 aromatic carbocycles. The molecule has 1 aliphatic rings. The SMILES string of the molecule is CSc1nnc(SCC2(CBr)CCOCC2)s1. The molecule has 2 heterocycles. The van der Waals surface area contributed by atoms with Crippen LogP contribution in [-0.4, -0.2) is 40.7 Å². The van der Waals surface area contributed by atoms with E-state index in [9.17, 15) is 0 Å². The van der Waals surface area contributed by atoms with Crippen LogP contribution >= 0.6 is 50.8 Å². The van der Waals surface area contributed by atoms with Gasteiger partial charge in [-0.15, -0.1) is 10.2 Å². The van der Waals surface area contributed by atoms with E-state index in [1.807, 2.05) is 18.0 Å². The standard InChI is InChI=1S/C10H15BrN2OS3/c1-15-8-12-13-9(17-8)16-7-10(6-11)2-4-14-5-3-10/h2-7H2,1H3. The second kappa shape index (κ2) is 6.75. The van der Waals surface area contributed by atoms with Gasteiger partial charge in [0.15, 0.2) is 8.68 Å². The van der Waals surface area contributed by atoms with Crippen LogP contribution in [0.2, 0.25) is 0 Å². The van der Waals surface area contributed by atoms with Gasteiger partial charge in [-0.2, -0.15) is 0 Å². The zero-order valence-electron chi connectivity index (χ0n) is 9.65. The maximum absolute atomic E-state index is 5.44. The molecule has 0 amide bonds. The van der Waals surface area contributed by atoms with Crippen molar-refractivity contribution in [1.82, 2.24) is 10.2 Å². The monoisotopic (exact) mass is 354 g/mol. The summed E-state index contributed by atoms with van der Waals surface area (Å²) in [6.07, 6.45) is 4.31. The molecule has 0 unspecified atom stereocenters. The van der Waals surface area contributed by atoms with E-state index < -0.39 is 0 Å². The van der Waals surface area contributed by atoms with E-state index in [0.717, 1.165) is 45.8 Å². The van der Waals surface area contributed by atoms with E-state index in [0.29, 0.717) is 5.41 Å². The van der Waals surface area contributed by atoms with Gasteiger partial charge in [-0.05, 0) is 24.5 Å². The largest absolute Gasteiger partial charge is 0.381 e. The molecule has 0 saturated carbocycles. The Morgan fingerprint density at radius 3 is 2.65 bits per heavy atom. The van der Waals surface area contributed by atoms with Gasteiger partial charge in [-0.3, -0.25) is 0 Å². The van der Waals surface area contributed by atoms with Gasteiger partial charge in [0, 0.05) is 24.3 Å². The Kier molecular flexibility index (Phi) is 5.60. The highest BCUT2D eigenvalue weighted by Crippen LogP contribution is 2.39. The molecule has 0 spiro atoms. The lowest BCUT2D eigenvalue weighted by Gasteiger charge is -2.34. The number of hydrogen-bond donors (Lipinski definition) is 0. The van der Waals surface area contributed by atoms with E-state index in [1.54, 1.807) is 23.1 Å². The maximum Gasteiger partial charge on any atom is 0.175 e. The van der Waals surface area contributed by atoms with Crippen molar-refractivity contribution in [2.45, 2.75) is 21.5 Å². The quantitative estimate of drug-likeness (QED) is 0.596. The molecule has 3 nitrogen and oxygen atoms in total. The van der Waals surface area contributed by atoms with E-state index >= 15 is 0 Å². The van der Waals surface area contributed by atoms with Crippen LogP contribution in [0.15, 0.2) is 8.68 Å². The summed E-state index contributed by atoms with van der Waals surface area (Å²) in [5.41, 5.74) is 0.369. The first-order valence-corrected chi connectivity index (χ1v) is 9.57. The van der Waals surface area contributed by atoms with Gasteiger partial charge in [0.2, 0.25) is 0 Å². The first kappa shape index (κ1) is 14.1. The summed E-state index contributed by atoms with van der Waals surface area (Å²) >= 11 is 8.83. The second-order valence-electron chi connectivity index (χ2n) is 4.07. The molecule has 1 fully saturated rings. The van der Waals surface area contributed by atoms with Gasteiger partial charge >= 0.3 is 0 Å². The third kappa shape index (κ3) is 3.83. The van der Waals surface area contributed by atoms with Crippen molar-refractivity contribution >= 4 is 50.8 Å². The van der Waals surface area contributed by atoms with Crippen LogP contribution in [0.4, 0.5) is 0 Å². The van der Waals surface area contributed by atoms with Gasteiger partial charge in [0.25, 0.3) is 0 Å². The Labute approximate surface area is 123 Å². The third-order valence-electron chi connectivity index (χ3n) is 2.90. The van der Waals surface area contributed by atoms with Crippen molar-refractivity contribution < 1.29 is 4.74 Å². The van der Waals surface area contributed by atoms with Crippen LogP contribution in [0.5, 0.6) is 0 Å². The zero-order valence-corrected chi connectivity index (χ0v) is 13.7. The number of hydrogen-bond acceptors (Lipinski definition) is 6. The fourth-order valence-electron chi connectivity index (χ4n) is 1.67. The molecule has 0 bridgehead atoms. The summed E-state index contributed by atoms with van der Waals surface area (Å²) in [4.78, 5) is 0. The number of rotatable bonds is 5. The van der Waals surface area contributed by atoms with Crippen molar-refractivity contribution in [2.24, 2.45) is 5.41 Å². The molecule has 0 radical (unpaired) electrons. The average molecular weight is 355 g/mol. The molecule has 17 heavy (non-hydrogen) atoms. The Balaban J connectivity index is 1.90. The number of aromatic nitrogens is 2. The Morgan fingerprint density at radius 1 is 1.35 bits per heavy atom. The fraction of sp³-hybridized carbons (Fsp3) is 0.800. The average Bonchev–Trinajstić information content (AvgIpc) is 2.85. The molecule has 0 atom stereocenters. The maximum atomic E-state index is 5.44. The summed E-state index contributed by atoms with van der Waals surface area (Å²) in [7, 11) is 0. The second-order valence-corrected chi connectivity index (χ2v) is 7.89. The molecule has 7 heteroatoms. The van der Waals surface area contributed by atoms with E-state index in [4.69, 9.17) is 4.74 Å². The highest BCUT2D eigenvalue weighted by Gasteiger charge is 2.32. The number of halogens is 1. The first-order valence-electron chi connectivity index (χ1n) is 5.42. The minimum Gasteiger partial charge on any atom is -0.381 e. The summed E-state index contributed by atoms with van der Waals surface area (Å²) in [6.45, 7) is 1.77. The molecule has 0 aliphatic carbocycles. The van der Waals surface area contributed by atoms with Crippen LogP contribution in [0.1, 0.15) is 12.8 Å². The Hall–Kier alpha value is 0.700. The van der Waals surface area contributed by atoms with Gasteiger partial charge in [-0.1, -0.05) is 50.8 Å². The smallest absolute Gasteiger partial charge is 0.175 e. The van der Waals surface area contributed by atoms with Crippen molar-refractivity contribution in [3.8, 4) is 0 Å². The molecule has 1 aliphatic heterocycles. The molecule has 1 saturated heterocycles. The highest BCUT2D eigenvalue weighted by molar-refractivity contribution is 9.09. The van der Waals surface area contributed by atoms with Crippen LogP contribution in [0, 0.1) is 5.41 Å². The van der Waals surface area contributed by atoms with Crippen molar-refractivity contribution in [3.63, 3.8) is 0 Å². The third-order valence-corrected chi connectivity index (χ3v) is 7.47. The number of nitrogens with zero attached hydrogens (tertiary/aromatic N) is 2. The molecule has 2 rings (SSSR count). The molecule has 0 N–H and O–H groups in total. The lowest BCUT2D eigenvalue weighted by atomic mass is 9.85. The summed E-state index contributed by atoms with van der Waals surface area (Å²) < 4.78 is 7.57. The van der Waals surface area contributed by atoms with Crippen LogP contribution in [-0.2, 0) is 4.74 Å². The van der Waals surface area contributed by atoms with Crippen LogP contribution in [0.25, 0.3) is 0 Å². The van der Waals surface area contributed by atoms with Gasteiger partial charge in [0.1, 0.15) is 0 Å². The minimum atomic E-state index is 0.369. The summed E-state index contributed by atoms with van der Waals surface area (Å²) in [6, 6.07) is 0. The fourth-order valence-corrected chi connectivity index (χ4v) is 5.43. The lowest BCUT2D eigenvalue weighted by molar-refractivity contribution is 0.0374. The van der Waals surface area contributed by atoms with E-state index in [1.165, 1.54) is 0 Å². The van der Waals surface area contributed by atoms with Gasteiger partial charge < -0.3 is 4.74 Å². The predicted octanol–water partition coefficient (Wildman–Crippen LogP) is 3.54. The summed E-state index contributed by atoms with van der Waals surface area (Å²) in [5, 5.41) is 9.37. The van der Waals surface area contributed by atoms with Gasteiger partial charge in [0.05, 0.1) is 0 Å². The predicted molar refractivity (Wildman–Crippen MR) is 78.7 cm³/mol. The van der Waals surface area contributed by atoms with E-state index in [-0.39, 0.29) is 0 Å². The lowest BCUT2D eigenvalue weighted by Crippen LogP contribution is -2.33. The number of ether oxygens (including phenoxy) is 1. The molecule has 96 valence electrons. The molecule has 1 aromatic heterocycles. The Bertz CT molecular complexity index is 355. The van der Waals surface area contributed by atoms with Crippen LogP contribution in [0.3, 0.4) is 0 Å². The number of alkyl halides is 1. The number of thioether (sulfide) groups is 2. The minimum absolute atomic E-state index is 0.369. The first-order chi connectivity index (χ1) is 8.28. The normalized spacial score (nSPS) is 19.4. The van der Waals surface area contributed by atoms with Crippen molar-refractivity contribution in [1.29, 1.82) is 0 Å². The van der Waals surface area contributed by atoms with Crippen molar-refractivity contribution in [3.05, 3.63) is 0 Å². The topological polar surface area (TPSA) is 35.0 Å².